The van der Waals surface area contributed by atoms with Gasteiger partial charge in [0.05, 0.1) is 13.2 Å². The van der Waals surface area contributed by atoms with Crippen LogP contribution in [0.1, 0.15) is 41.1 Å². The SMILES string of the molecule is COc1ccc(CNC(=O)CCC(=O)N2CCc3ccccc3[C@H]2c2ccccc2)cc1. The van der Waals surface area contributed by atoms with Crippen LogP contribution in [-0.4, -0.2) is 30.4 Å². The van der Waals surface area contributed by atoms with E-state index in [1.807, 2.05) is 59.5 Å². The first-order valence-electron chi connectivity index (χ1n) is 11.0. The third kappa shape index (κ3) is 4.99. The lowest BCUT2D eigenvalue weighted by atomic mass is 9.88. The maximum atomic E-state index is 13.2. The molecule has 1 aliphatic heterocycles. The van der Waals surface area contributed by atoms with Gasteiger partial charge in [0.1, 0.15) is 5.75 Å². The first-order chi connectivity index (χ1) is 15.7. The van der Waals surface area contributed by atoms with Gasteiger partial charge in [-0.15, -0.1) is 0 Å². The van der Waals surface area contributed by atoms with Crippen LogP contribution in [0.25, 0.3) is 0 Å². The van der Waals surface area contributed by atoms with Crippen LogP contribution >= 0.6 is 0 Å². The van der Waals surface area contributed by atoms with Gasteiger partial charge in [-0.1, -0.05) is 66.7 Å². The van der Waals surface area contributed by atoms with Gasteiger partial charge in [0.15, 0.2) is 0 Å². The zero-order valence-corrected chi connectivity index (χ0v) is 18.3. The van der Waals surface area contributed by atoms with E-state index in [0.29, 0.717) is 13.1 Å². The molecule has 0 aliphatic carbocycles. The Morgan fingerprint density at radius 2 is 1.66 bits per heavy atom. The Morgan fingerprint density at radius 3 is 2.41 bits per heavy atom. The number of amides is 2. The quantitative estimate of drug-likeness (QED) is 0.612. The van der Waals surface area contributed by atoms with Crippen molar-refractivity contribution >= 4 is 11.8 Å². The molecule has 5 heteroatoms. The fraction of sp³-hybridized carbons (Fsp3) is 0.259. The lowest BCUT2D eigenvalue weighted by Crippen LogP contribution is -2.41. The van der Waals surface area contributed by atoms with Crippen molar-refractivity contribution in [1.29, 1.82) is 0 Å². The summed E-state index contributed by atoms with van der Waals surface area (Å²) in [6, 6.07) is 25.9. The molecule has 0 fully saturated rings. The lowest BCUT2D eigenvalue weighted by Gasteiger charge is -2.38. The molecule has 164 valence electrons. The predicted molar refractivity (Wildman–Crippen MR) is 124 cm³/mol. The Kier molecular flexibility index (Phi) is 6.85. The summed E-state index contributed by atoms with van der Waals surface area (Å²) in [7, 11) is 1.62. The van der Waals surface area contributed by atoms with E-state index >= 15 is 0 Å². The molecule has 1 N–H and O–H groups in total. The average Bonchev–Trinajstić information content (AvgIpc) is 2.86. The summed E-state index contributed by atoms with van der Waals surface area (Å²) in [6.07, 6.45) is 1.20. The highest BCUT2D eigenvalue weighted by Crippen LogP contribution is 2.35. The topological polar surface area (TPSA) is 58.6 Å². The number of methoxy groups -OCH3 is 1. The van der Waals surface area contributed by atoms with E-state index in [1.54, 1.807) is 7.11 Å². The van der Waals surface area contributed by atoms with E-state index in [9.17, 15) is 9.59 Å². The molecule has 2 amide bonds. The number of benzene rings is 3. The molecule has 0 bridgehead atoms. The first kappa shape index (κ1) is 21.6. The molecule has 0 saturated carbocycles. The highest BCUT2D eigenvalue weighted by atomic mass is 16.5. The van der Waals surface area contributed by atoms with Crippen molar-refractivity contribution < 1.29 is 14.3 Å². The van der Waals surface area contributed by atoms with Gasteiger partial charge in [0.2, 0.25) is 11.8 Å². The number of nitrogens with zero attached hydrogens (tertiary/aromatic N) is 1. The van der Waals surface area contributed by atoms with Gasteiger partial charge in [-0.2, -0.15) is 0 Å². The van der Waals surface area contributed by atoms with E-state index < -0.39 is 0 Å². The second-order valence-electron chi connectivity index (χ2n) is 7.97. The van der Waals surface area contributed by atoms with Crippen molar-refractivity contribution in [2.24, 2.45) is 0 Å². The normalized spacial score (nSPS) is 15.0. The van der Waals surface area contributed by atoms with Crippen LogP contribution < -0.4 is 10.1 Å². The van der Waals surface area contributed by atoms with Gasteiger partial charge in [0.25, 0.3) is 0 Å². The van der Waals surface area contributed by atoms with Gasteiger partial charge in [0, 0.05) is 25.9 Å². The zero-order valence-electron chi connectivity index (χ0n) is 18.3. The molecule has 0 saturated heterocycles. The van der Waals surface area contributed by atoms with Crippen molar-refractivity contribution in [3.63, 3.8) is 0 Å². The monoisotopic (exact) mass is 428 g/mol. The molecule has 3 aromatic rings. The molecular weight excluding hydrogens is 400 g/mol. The number of carbonyl (C=O) groups excluding carboxylic acids is 2. The van der Waals surface area contributed by atoms with Gasteiger partial charge in [-0.05, 0) is 40.8 Å². The third-order valence-corrected chi connectivity index (χ3v) is 5.93. The highest BCUT2D eigenvalue weighted by molar-refractivity contribution is 5.84. The summed E-state index contributed by atoms with van der Waals surface area (Å²) in [5.41, 5.74) is 4.53. The highest BCUT2D eigenvalue weighted by Gasteiger charge is 2.31. The molecule has 1 heterocycles. The number of carbonyl (C=O) groups is 2. The number of hydrogen-bond acceptors (Lipinski definition) is 3. The largest absolute Gasteiger partial charge is 0.497 e. The van der Waals surface area contributed by atoms with E-state index in [1.165, 1.54) is 11.1 Å². The molecule has 0 radical (unpaired) electrons. The number of ether oxygens (including phenoxy) is 1. The minimum Gasteiger partial charge on any atom is -0.497 e. The minimum absolute atomic E-state index is 0.00736. The van der Waals surface area contributed by atoms with Gasteiger partial charge >= 0.3 is 0 Å². The van der Waals surface area contributed by atoms with E-state index in [4.69, 9.17) is 4.74 Å². The smallest absolute Gasteiger partial charge is 0.223 e. The van der Waals surface area contributed by atoms with Crippen molar-refractivity contribution in [2.75, 3.05) is 13.7 Å². The van der Waals surface area contributed by atoms with Crippen LogP contribution in [0.15, 0.2) is 78.9 Å². The van der Waals surface area contributed by atoms with Crippen molar-refractivity contribution in [3.8, 4) is 5.75 Å². The first-order valence-corrected chi connectivity index (χ1v) is 11.0. The third-order valence-electron chi connectivity index (χ3n) is 5.93. The number of nitrogens with one attached hydrogen (secondary N) is 1. The molecule has 1 atom stereocenters. The molecule has 0 aromatic heterocycles. The molecule has 0 spiro atoms. The minimum atomic E-state index is -0.122. The molecule has 4 rings (SSSR count). The lowest BCUT2D eigenvalue weighted by molar-refractivity contribution is -0.135. The second-order valence-corrected chi connectivity index (χ2v) is 7.97. The molecular formula is C27H28N2O3. The van der Waals surface area contributed by atoms with Crippen LogP contribution in [0.3, 0.4) is 0 Å². The van der Waals surface area contributed by atoms with Crippen LogP contribution in [0.4, 0.5) is 0 Å². The Labute approximate surface area is 189 Å². The average molecular weight is 429 g/mol. The van der Waals surface area contributed by atoms with Crippen LogP contribution in [-0.2, 0) is 22.6 Å². The van der Waals surface area contributed by atoms with E-state index in [2.05, 4.69) is 29.6 Å². The fourth-order valence-electron chi connectivity index (χ4n) is 4.23. The Bertz CT molecular complexity index is 1060. The molecule has 0 unspecified atom stereocenters. The number of hydrogen-bond donors (Lipinski definition) is 1. The summed E-state index contributed by atoms with van der Waals surface area (Å²) in [4.78, 5) is 27.5. The maximum absolute atomic E-state index is 13.2. The zero-order chi connectivity index (χ0) is 22.3. The van der Waals surface area contributed by atoms with E-state index in [0.717, 1.165) is 23.3 Å². The molecule has 32 heavy (non-hydrogen) atoms. The van der Waals surface area contributed by atoms with Crippen LogP contribution in [0.5, 0.6) is 5.75 Å². The summed E-state index contributed by atoms with van der Waals surface area (Å²) in [5.74, 6) is 0.664. The van der Waals surface area contributed by atoms with Gasteiger partial charge < -0.3 is 15.0 Å². The van der Waals surface area contributed by atoms with Crippen molar-refractivity contribution in [2.45, 2.75) is 31.8 Å². The molecule has 3 aromatic carbocycles. The summed E-state index contributed by atoms with van der Waals surface area (Å²) in [5, 5.41) is 2.90. The van der Waals surface area contributed by atoms with Crippen molar-refractivity contribution in [1.82, 2.24) is 10.2 Å². The van der Waals surface area contributed by atoms with Gasteiger partial charge in [-0.25, -0.2) is 0 Å². The van der Waals surface area contributed by atoms with Crippen LogP contribution in [0.2, 0.25) is 0 Å². The van der Waals surface area contributed by atoms with E-state index in [-0.39, 0.29) is 30.7 Å². The predicted octanol–water partition coefficient (Wildman–Crippen LogP) is 4.27. The summed E-state index contributed by atoms with van der Waals surface area (Å²) in [6.45, 7) is 1.09. The van der Waals surface area contributed by atoms with Gasteiger partial charge in [-0.3, -0.25) is 9.59 Å². The number of fused-ring (bicyclic) bond motifs is 1. The fourth-order valence-corrected chi connectivity index (χ4v) is 4.23. The summed E-state index contributed by atoms with van der Waals surface area (Å²) < 4.78 is 5.15. The standard InChI is InChI=1S/C27H28N2O3/c1-32-23-13-11-20(12-14-23)19-28-25(30)15-16-26(31)29-18-17-21-7-5-6-10-24(21)27(29)22-8-3-2-4-9-22/h2-14,27H,15-19H2,1H3,(H,28,30)/t27-/m1/s1. The van der Waals surface area contributed by atoms with Crippen molar-refractivity contribution in [3.05, 3.63) is 101 Å². The number of rotatable bonds is 7. The summed E-state index contributed by atoms with van der Waals surface area (Å²) >= 11 is 0. The Balaban J connectivity index is 1.39. The second kappa shape index (κ2) is 10.1. The molecule has 1 aliphatic rings. The maximum Gasteiger partial charge on any atom is 0.223 e. The molecule has 5 nitrogen and oxygen atoms in total. The Hall–Kier alpha value is -3.60. The van der Waals surface area contributed by atoms with Crippen LogP contribution in [0, 0.1) is 0 Å². The Morgan fingerprint density at radius 1 is 0.938 bits per heavy atom.